The lowest BCUT2D eigenvalue weighted by Gasteiger charge is -2.20. The second-order valence-corrected chi connectivity index (χ2v) is 7.30. The van der Waals surface area contributed by atoms with Gasteiger partial charge in [-0.3, -0.25) is 0 Å². The minimum atomic E-state index is 0.0840. The van der Waals surface area contributed by atoms with Gasteiger partial charge in [-0.2, -0.15) is 0 Å². The molecule has 0 atom stereocenters. The fourth-order valence-corrected chi connectivity index (χ4v) is 2.74. The molecule has 1 aromatic heterocycles. The quantitative estimate of drug-likeness (QED) is 0.833. The molecule has 0 bridgehead atoms. The largest absolute Gasteiger partial charge is 0.306 e. The van der Waals surface area contributed by atoms with Crippen LogP contribution < -0.4 is 5.32 Å². The molecule has 0 aliphatic carbocycles. The fourth-order valence-electron chi connectivity index (χ4n) is 1.67. The molecule has 0 radical (unpaired) electrons. The van der Waals surface area contributed by atoms with Crippen LogP contribution in [-0.2, 0) is 12.3 Å². The summed E-state index contributed by atoms with van der Waals surface area (Å²) in [4.78, 5) is 10.0. The van der Waals surface area contributed by atoms with Crippen molar-refractivity contribution >= 4 is 23.4 Å². The highest BCUT2D eigenvalue weighted by molar-refractivity contribution is 7.98. The number of benzene rings is 1. The highest BCUT2D eigenvalue weighted by Gasteiger charge is 2.09. The van der Waals surface area contributed by atoms with E-state index in [9.17, 15) is 0 Å². The van der Waals surface area contributed by atoms with Crippen LogP contribution in [0.15, 0.2) is 41.4 Å². The van der Waals surface area contributed by atoms with Crippen LogP contribution in [0, 0.1) is 0 Å². The van der Waals surface area contributed by atoms with Crippen LogP contribution in [0.3, 0.4) is 0 Å². The number of rotatable bonds is 5. The predicted octanol–water partition coefficient (Wildman–Crippen LogP) is 4.31. The number of halogens is 1. The van der Waals surface area contributed by atoms with Crippen molar-refractivity contribution < 1.29 is 0 Å². The van der Waals surface area contributed by atoms with Crippen molar-refractivity contribution in [3.05, 3.63) is 53.1 Å². The van der Waals surface area contributed by atoms with Gasteiger partial charge in [-0.05, 0) is 45.0 Å². The predicted molar refractivity (Wildman–Crippen MR) is 89.6 cm³/mol. The minimum Gasteiger partial charge on any atom is -0.306 e. The van der Waals surface area contributed by atoms with E-state index in [1.54, 1.807) is 11.8 Å². The number of hydrogen-bond donors (Lipinski definition) is 1. The van der Waals surface area contributed by atoms with E-state index in [4.69, 9.17) is 11.6 Å². The molecule has 3 nitrogen and oxygen atoms in total. The first-order valence-corrected chi connectivity index (χ1v) is 8.23. The summed E-state index contributed by atoms with van der Waals surface area (Å²) >= 11 is 7.67. The molecular formula is C16H20ClN3S. The summed E-state index contributed by atoms with van der Waals surface area (Å²) in [7, 11) is 0. The Bertz CT molecular complexity index is 596. The smallest absolute Gasteiger partial charge is 0.138 e. The van der Waals surface area contributed by atoms with Gasteiger partial charge in [-0.25, -0.2) is 9.97 Å². The summed E-state index contributed by atoms with van der Waals surface area (Å²) in [6.07, 6.45) is 1.82. The lowest BCUT2D eigenvalue weighted by molar-refractivity contribution is 0.421. The van der Waals surface area contributed by atoms with E-state index in [0.29, 0.717) is 0 Å². The van der Waals surface area contributed by atoms with Gasteiger partial charge in [0.15, 0.2) is 0 Å². The zero-order valence-electron chi connectivity index (χ0n) is 12.6. The first-order valence-electron chi connectivity index (χ1n) is 6.86. The maximum Gasteiger partial charge on any atom is 0.138 e. The second kappa shape index (κ2) is 7.25. The molecule has 0 saturated heterocycles. The topological polar surface area (TPSA) is 37.8 Å². The molecule has 0 spiro atoms. The Morgan fingerprint density at radius 3 is 2.76 bits per heavy atom. The number of aromatic nitrogens is 2. The molecule has 5 heteroatoms. The molecule has 1 N–H and O–H groups in total. The van der Waals surface area contributed by atoms with Gasteiger partial charge in [-0.15, -0.1) is 11.8 Å². The average Bonchev–Trinajstić information content (AvgIpc) is 2.43. The van der Waals surface area contributed by atoms with Crippen LogP contribution in [0.4, 0.5) is 0 Å². The second-order valence-electron chi connectivity index (χ2n) is 5.81. The van der Waals surface area contributed by atoms with E-state index in [1.807, 2.05) is 36.5 Å². The van der Waals surface area contributed by atoms with E-state index in [0.717, 1.165) is 33.7 Å². The van der Waals surface area contributed by atoms with Gasteiger partial charge >= 0.3 is 0 Å². The molecule has 21 heavy (non-hydrogen) atoms. The first kappa shape index (κ1) is 16.3. The first-order chi connectivity index (χ1) is 9.92. The highest BCUT2D eigenvalue weighted by atomic mass is 35.5. The van der Waals surface area contributed by atoms with Gasteiger partial charge in [0, 0.05) is 28.2 Å². The van der Waals surface area contributed by atoms with Crippen molar-refractivity contribution in [1.29, 1.82) is 0 Å². The Kier molecular flexibility index (Phi) is 5.62. The maximum absolute atomic E-state index is 5.98. The van der Waals surface area contributed by atoms with E-state index < -0.39 is 0 Å². The molecule has 112 valence electrons. The third-order valence-electron chi connectivity index (χ3n) is 2.73. The molecule has 1 aromatic carbocycles. The Balaban J connectivity index is 1.95. The van der Waals surface area contributed by atoms with Crippen LogP contribution in [0.1, 0.15) is 32.3 Å². The van der Waals surface area contributed by atoms with Gasteiger partial charge in [-0.1, -0.05) is 17.7 Å². The summed E-state index contributed by atoms with van der Waals surface area (Å²) in [6.45, 7) is 7.18. The van der Waals surface area contributed by atoms with Crippen molar-refractivity contribution in [2.45, 2.75) is 43.5 Å². The number of nitrogens with one attached hydrogen (secondary N) is 1. The third-order valence-corrected chi connectivity index (χ3v) is 3.95. The van der Waals surface area contributed by atoms with Gasteiger partial charge in [0.25, 0.3) is 0 Å². The van der Waals surface area contributed by atoms with Gasteiger partial charge in [0.1, 0.15) is 5.82 Å². The monoisotopic (exact) mass is 321 g/mol. The van der Waals surface area contributed by atoms with Gasteiger partial charge in [0.05, 0.1) is 11.4 Å². The van der Waals surface area contributed by atoms with Crippen molar-refractivity contribution in [1.82, 2.24) is 15.3 Å². The zero-order chi connectivity index (χ0) is 15.3. The molecule has 0 fully saturated rings. The van der Waals surface area contributed by atoms with E-state index in [2.05, 4.69) is 36.1 Å². The molecule has 0 saturated carbocycles. The van der Waals surface area contributed by atoms with Crippen molar-refractivity contribution in [2.24, 2.45) is 0 Å². The maximum atomic E-state index is 5.98. The molecular weight excluding hydrogens is 302 g/mol. The van der Waals surface area contributed by atoms with E-state index in [-0.39, 0.29) is 5.54 Å². The van der Waals surface area contributed by atoms with Crippen LogP contribution in [0.25, 0.3) is 0 Å². The summed E-state index contributed by atoms with van der Waals surface area (Å²) in [6, 6.07) is 9.78. The van der Waals surface area contributed by atoms with Crippen LogP contribution in [-0.4, -0.2) is 15.5 Å². The minimum absolute atomic E-state index is 0.0840. The lowest BCUT2D eigenvalue weighted by atomic mass is 10.1. The van der Waals surface area contributed by atoms with Crippen LogP contribution >= 0.6 is 23.4 Å². The molecule has 0 aliphatic heterocycles. The van der Waals surface area contributed by atoms with Crippen molar-refractivity contribution in [3.63, 3.8) is 0 Å². The lowest BCUT2D eigenvalue weighted by Crippen LogP contribution is -2.35. The van der Waals surface area contributed by atoms with Crippen molar-refractivity contribution in [3.8, 4) is 0 Å². The molecule has 0 aliphatic rings. The molecule has 1 heterocycles. The standard InChI is InChI=1S/C16H20ClN3S/c1-16(2,3)19-10-13-7-8-18-15(20-13)11-21-14-6-4-5-12(17)9-14/h4-9,19H,10-11H2,1-3H3. The highest BCUT2D eigenvalue weighted by Crippen LogP contribution is 2.24. The van der Waals surface area contributed by atoms with Gasteiger partial charge in [0.2, 0.25) is 0 Å². The van der Waals surface area contributed by atoms with Crippen LogP contribution in [0.5, 0.6) is 0 Å². The number of nitrogens with zero attached hydrogens (tertiary/aromatic N) is 2. The summed E-state index contributed by atoms with van der Waals surface area (Å²) in [5, 5.41) is 4.19. The van der Waals surface area contributed by atoms with E-state index >= 15 is 0 Å². The Morgan fingerprint density at radius 1 is 1.24 bits per heavy atom. The van der Waals surface area contributed by atoms with Crippen molar-refractivity contribution in [2.75, 3.05) is 0 Å². The molecule has 0 amide bonds. The van der Waals surface area contributed by atoms with E-state index in [1.165, 1.54) is 0 Å². The Hall–Kier alpha value is -1.10. The SMILES string of the molecule is CC(C)(C)NCc1ccnc(CSc2cccc(Cl)c2)n1. The summed E-state index contributed by atoms with van der Waals surface area (Å²) in [5.74, 6) is 1.58. The van der Waals surface area contributed by atoms with Gasteiger partial charge < -0.3 is 5.32 Å². The third kappa shape index (κ3) is 6.04. The molecule has 0 unspecified atom stereocenters. The average molecular weight is 322 g/mol. The fraction of sp³-hybridized carbons (Fsp3) is 0.375. The Morgan fingerprint density at radius 2 is 2.05 bits per heavy atom. The normalized spacial score (nSPS) is 11.6. The molecule has 2 aromatic rings. The zero-order valence-corrected chi connectivity index (χ0v) is 14.1. The number of thioether (sulfide) groups is 1. The number of hydrogen-bond acceptors (Lipinski definition) is 4. The summed E-state index contributed by atoms with van der Waals surface area (Å²) < 4.78 is 0. The Labute approximate surface area is 135 Å². The molecule has 2 rings (SSSR count). The summed E-state index contributed by atoms with van der Waals surface area (Å²) in [5.41, 5.74) is 1.10. The van der Waals surface area contributed by atoms with Crippen LogP contribution in [0.2, 0.25) is 5.02 Å².